The molecule has 4 atom stereocenters. The van der Waals surface area contributed by atoms with Crippen molar-refractivity contribution in [1.29, 1.82) is 0 Å². The van der Waals surface area contributed by atoms with E-state index in [-0.39, 0.29) is 18.1 Å². The van der Waals surface area contributed by atoms with Crippen molar-refractivity contribution in [3.8, 4) is 5.75 Å². The summed E-state index contributed by atoms with van der Waals surface area (Å²) >= 11 is 0. The largest absolute Gasteiger partial charge is 0.496 e. The van der Waals surface area contributed by atoms with E-state index in [1.807, 2.05) is 0 Å². The molecule has 144 valence electrons. The van der Waals surface area contributed by atoms with Gasteiger partial charge in [0.2, 0.25) is 5.91 Å². The molecule has 1 aromatic rings. The van der Waals surface area contributed by atoms with Crippen molar-refractivity contribution >= 4 is 5.91 Å². The van der Waals surface area contributed by atoms with Crippen LogP contribution in [0.25, 0.3) is 0 Å². The van der Waals surface area contributed by atoms with E-state index in [1.54, 1.807) is 21.1 Å². The summed E-state index contributed by atoms with van der Waals surface area (Å²) in [4.78, 5) is 14.1. The Hall–Kier alpha value is -1.59. The Balaban J connectivity index is 1.67. The fourth-order valence-corrected chi connectivity index (χ4v) is 4.79. The van der Waals surface area contributed by atoms with Crippen LogP contribution < -0.4 is 10.1 Å². The number of carbonyl (C=O) groups is 1. The van der Waals surface area contributed by atoms with Gasteiger partial charge in [-0.05, 0) is 61.3 Å². The zero-order valence-corrected chi connectivity index (χ0v) is 16.7. The lowest BCUT2D eigenvalue weighted by molar-refractivity contribution is -0.121. The number of nitrogens with zero attached hydrogens (tertiary/aromatic N) is 1. The van der Waals surface area contributed by atoms with Crippen molar-refractivity contribution in [2.75, 3.05) is 27.3 Å². The van der Waals surface area contributed by atoms with Gasteiger partial charge in [-0.25, -0.2) is 0 Å². The van der Waals surface area contributed by atoms with Gasteiger partial charge < -0.3 is 14.8 Å². The molecule has 1 saturated heterocycles. The van der Waals surface area contributed by atoms with Crippen LogP contribution >= 0.6 is 0 Å². The molecule has 5 nitrogen and oxygen atoms in total. The number of amides is 1. The molecule has 2 fully saturated rings. The highest BCUT2D eigenvalue weighted by molar-refractivity contribution is 5.73. The third-order valence-electron chi connectivity index (χ3n) is 6.13. The van der Waals surface area contributed by atoms with Crippen LogP contribution in [0.1, 0.15) is 36.5 Å². The molecule has 1 aliphatic carbocycles. The summed E-state index contributed by atoms with van der Waals surface area (Å²) in [6.07, 6.45) is 2.17. The third kappa shape index (κ3) is 4.04. The first-order valence-corrected chi connectivity index (χ1v) is 9.57. The van der Waals surface area contributed by atoms with E-state index < -0.39 is 0 Å². The predicted octanol–water partition coefficient (Wildman–Crippen LogP) is 2.67. The standard InChI is InChI=1S/C21H32N2O3/c1-13-7-20(25-4)14(2)6-16(13)10-23-11-17-8-19(22-15(3)24)21(26-5)9-18(17)12-23/h6-7,17-19,21H,8-12H2,1-5H3,(H,22,24)/t17-,18+,19-,21-/m1/s1. The lowest BCUT2D eigenvalue weighted by Crippen LogP contribution is -2.49. The molecule has 1 aliphatic heterocycles. The molecule has 26 heavy (non-hydrogen) atoms. The van der Waals surface area contributed by atoms with Crippen LogP contribution in [0.2, 0.25) is 0 Å². The Morgan fingerprint density at radius 1 is 1.15 bits per heavy atom. The van der Waals surface area contributed by atoms with Crippen molar-refractivity contribution < 1.29 is 14.3 Å². The topological polar surface area (TPSA) is 50.8 Å². The number of fused-ring (bicyclic) bond motifs is 1. The number of aryl methyl sites for hydroxylation is 2. The molecule has 3 rings (SSSR count). The Morgan fingerprint density at radius 3 is 2.46 bits per heavy atom. The van der Waals surface area contributed by atoms with Gasteiger partial charge in [-0.1, -0.05) is 6.07 Å². The number of benzene rings is 1. The fourth-order valence-electron chi connectivity index (χ4n) is 4.79. The zero-order chi connectivity index (χ0) is 18.8. The molecule has 1 saturated carbocycles. The summed E-state index contributed by atoms with van der Waals surface area (Å²) in [5.41, 5.74) is 3.85. The summed E-state index contributed by atoms with van der Waals surface area (Å²) in [6.45, 7) is 9.05. The van der Waals surface area contributed by atoms with Crippen molar-refractivity contribution in [3.05, 3.63) is 28.8 Å². The minimum Gasteiger partial charge on any atom is -0.496 e. The number of ether oxygens (including phenoxy) is 2. The highest BCUT2D eigenvalue weighted by atomic mass is 16.5. The second kappa shape index (κ2) is 7.97. The number of likely N-dealkylation sites (tertiary alicyclic amines) is 1. The quantitative estimate of drug-likeness (QED) is 0.877. The molecule has 0 unspecified atom stereocenters. The molecule has 1 N–H and O–H groups in total. The number of methoxy groups -OCH3 is 2. The van der Waals surface area contributed by atoms with E-state index in [0.29, 0.717) is 11.8 Å². The van der Waals surface area contributed by atoms with Crippen molar-refractivity contribution in [3.63, 3.8) is 0 Å². The maximum absolute atomic E-state index is 11.5. The molecule has 1 aromatic carbocycles. The number of hydrogen-bond donors (Lipinski definition) is 1. The molecule has 1 amide bonds. The smallest absolute Gasteiger partial charge is 0.217 e. The van der Waals surface area contributed by atoms with Crippen LogP contribution in [0, 0.1) is 25.7 Å². The first-order chi connectivity index (χ1) is 12.4. The maximum atomic E-state index is 11.5. The minimum absolute atomic E-state index is 0.0367. The lowest BCUT2D eigenvalue weighted by atomic mass is 9.77. The van der Waals surface area contributed by atoms with E-state index in [9.17, 15) is 4.79 Å². The Morgan fingerprint density at radius 2 is 1.85 bits per heavy atom. The molecule has 5 heteroatoms. The van der Waals surface area contributed by atoms with Gasteiger partial charge in [0.1, 0.15) is 5.75 Å². The first kappa shape index (κ1) is 19.2. The number of carbonyl (C=O) groups excluding carboxylic acids is 1. The summed E-state index contributed by atoms with van der Waals surface area (Å²) in [7, 11) is 3.49. The lowest BCUT2D eigenvalue weighted by Gasteiger charge is -2.37. The molecular formula is C21H32N2O3. The fraction of sp³-hybridized carbons (Fsp3) is 0.667. The van der Waals surface area contributed by atoms with Gasteiger partial charge in [0, 0.05) is 33.7 Å². The summed E-state index contributed by atoms with van der Waals surface area (Å²) in [5.74, 6) is 2.29. The van der Waals surface area contributed by atoms with Gasteiger partial charge in [0.25, 0.3) is 0 Å². The van der Waals surface area contributed by atoms with E-state index in [0.717, 1.165) is 38.2 Å². The molecule has 0 bridgehead atoms. The zero-order valence-electron chi connectivity index (χ0n) is 16.7. The average molecular weight is 360 g/mol. The summed E-state index contributed by atoms with van der Waals surface area (Å²) in [5, 5.41) is 3.09. The minimum atomic E-state index is 0.0367. The molecule has 0 spiro atoms. The van der Waals surface area contributed by atoms with Gasteiger partial charge in [0.15, 0.2) is 0 Å². The van der Waals surface area contributed by atoms with Crippen LogP contribution in [-0.2, 0) is 16.1 Å². The van der Waals surface area contributed by atoms with Crippen LogP contribution in [0.4, 0.5) is 0 Å². The second-order valence-corrected chi connectivity index (χ2v) is 8.02. The molecule has 0 aromatic heterocycles. The summed E-state index contributed by atoms with van der Waals surface area (Å²) in [6, 6.07) is 4.54. The number of rotatable bonds is 5. The van der Waals surface area contributed by atoms with Gasteiger partial charge in [-0.15, -0.1) is 0 Å². The highest BCUT2D eigenvalue weighted by Crippen LogP contribution is 2.38. The maximum Gasteiger partial charge on any atom is 0.217 e. The second-order valence-electron chi connectivity index (χ2n) is 8.02. The molecular weight excluding hydrogens is 328 g/mol. The van der Waals surface area contributed by atoms with Gasteiger partial charge in [-0.2, -0.15) is 0 Å². The number of hydrogen-bond acceptors (Lipinski definition) is 4. The van der Waals surface area contributed by atoms with Gasteiger partial charge in [0.05, 0.1) is 19.3 Å². The molecule has 2 aliphatic rings. The van der Waals surface area contributed by atoms with Crippen LogP contribution in [0.3, 0.4) is 0 Å². The molecule has 0 radical (unpaired) electrons. The van der Waals surface area contributed by atoms with Crippen LogP contribution in [0.5, 0.6) is 5.75 Å². The van der Waals surface area contributed by atoms with Gasteiger partial charge in [-0.3, -0.25) is 9.69 Å². The van der Waals surface area contributed by atoms with E-state index >= 15 is 0 Å². The Bertz CT molecular complexity index is 661. The third-order valence-corrected chi connectivity index (χ3v) is 6.13. The number of nitrogens with one attached hydrogen (secondary N) is 1. The SMILES string of the molecule is COc1cc(C)c(CN2C[C@H]3C[C@@H](NC(C)=O)[C@H](OC)C[C@H]3C2)cc1C. The first-order valence-electron chi connectivity index (χ1n) is 9.57. The Labute approximate surface area is 157 Å². The van der Waals surface area contributed by atoms with Crippen molar-refractivity contribution in [2.45, 2.75) is 52.3 Å². The van der Waals surface area contributed by atoms with E-state index in [1.165, 1.54) is 16.7 Å². The van der Waals surface area contributed by atoms with Crippen molar-refractivity contribution in [1.82, 2.24) is 10.2 Å². The van der Waals surface area contributed by atoms with E-state index in [2.05, 4.69) is 36.2 Å². The van der Waals surface area contributed by atoms with E-state index in [4.69, 9.17) is 9.47 Å². The molecule has 1 heterocycles. The monoisotopic (exact) mass is 360 g/mol. The average Bonchev–Trinajstić information content (AvgIpc) is 2.97. The highest BCUT2D eigenvalue weighted by Gasteiger charge is 2.42. The van der Waals surface area contributed by atoms with Crippen LogP contribution in [0.15, 0.2) is 12.1 Å². The summed E-state index contributed by atoms with van der Waals surface area (Å²) < 4.78 is 11.1. The van der Waals surface area contributed by atoms with Crippen LogP contribution in [-0.4, -0.2) is 50.3 Å². The predicted molar refractivity (Wildman–Crippen MR) is 102 cm³/mol. The Kier molecular flexibility index (Phi) is 5.88. The normalized spacial score (nSPS) is 28.7. The van der Waals surface area contributed by atoms with Crippen molar-refractivity contribution in [2.24, 2.45) is 11.8 Å². The van der Waals surface area contributed by atoms with Gasteiger partial charge >= 0.3 is 0 Å².